The van der Waals surface area contributed by atoms with Gasteiger partial charge in [0.25, 0.3) is 5.91 Å². The van der Waals surface area contributed by atoms with E-state index >= 15 is 0 Å². The highest BCUT2D eigenvalue weighted by Crippen LogP contribution is 2.08. The average molecular weight is 363 g/mol. The fourth-order valence-electron chi connectivity index (χ4n) is 2.48. The first-order valence-corrected chi connectivity index (χ1v) is 8.35. The van der Waals surface area contributed by atoms with Crippen molar-refractivity contribution in [3.63, 3.8) is 0 Å². The van der Waals surface area contributed by atoms with Crippen LogP contribution in [0.5, 0.6) is 0 Å². The molecule has 1 aromatic heterocycles. The predicted molar refractivity (Wildman–Crippen MR) is 101 cm³/mol. The topological polar surface area (TPSA) is 64.0 Å². The Balaban J connectivity index is 1.56. The van der Waals surface area contributed by atoms with Crippen molar-refractivity contribution >= 4 is 17.8 Å². The van der Waals surface area contributed by atoms with Gasteiger partial charge in [0.1, 0.15) is 5.82 Å². The molecule has 0 saturated carbocycles. The van der Waals surface area contributed by atoms with E-state index in [0.717, 1.165) is 11.1 Å². The molecule has 3 aromatic rings. The van der Waals surface area contributed by atoms with Crippen molar-refractivity contribution in [3.8, 4) is 0 Å². The van der Waals surface area contributed by atoms with Gasteiger partial charge in [-0.15, -0.1) is 0 Å². The molecule has 27 heavy (non-hydrogen) atoms. The molecule has 1 heterocycles. The number of imidazole rings is 1. The molecular weight excluding hydrogens is 345 g/mol. The van der Waals surface area contributed by atoms with Gasteiger partial charge in [0.2, 0.25) is 5.78 Å². The Morgan fingerprint density at radius 2 is 1.81 bits per heavy atom. The van der Waals surface area contributed by atoms with Crippen LogP contribution in [0.15, 0.2) is 67.0 Å². The number of ketones is 1. The van der Waals surface area contributed by atoms with Crippen LogP contribution in [0.4, 0.5) is 4.39 Å². The maximum atomic E-state index is 12.9. The van der Waals surface area contributed by atoms with Crippen molar-refractivity contribution in [3.05, 3.63) is 95.3 Å². The summed E-state index contributed by atoms with van der Waals surface area (Å²) in [5.41, 5.74) is 2.19. The molecule has 1 amide bonds. The molecule has 6 heteroatoms. The van der Waals surface area contributed by atoms with E-state index in [1.165, 1.54) is 30.3 Å². The third kappa shape index (κ3) is 4.76. The molecule has 3 rings (SSSR count). The number of carbonyl (C=O) groups excluding carboxylic acids is 2. The average Bonchev–Trinajstić information content (AvgIpc) is 3.11. The second kappa shape index (κ2) is 8.23. The molecule has 0 aliphatic rings. The number of carbonyl (C=O) groups is 2. The molecule has 136 valence electrons. The number of amides is 1. The fourth-order valence-corrected chi connectivity index (χ4v) is 2.48. The van der Waals surface area contributed by atoms with Crippen molar-refractivity contribution in [2.24, 2.45) is 7.05 Å². The van der Waals surface area contributed by atoms with Gasteiger partial charge >= 0.3 is 0 Å². The van der Waals surface area contributed by atoms with Gasteiger partial charge in [-0.3, -0.25) is 9.59 Å². The second-order valence-electron chi connectivity index (χ2n) is 5.99. The number of aryl methyl sites for hydroxylation is 1. The lowest BCUT2D eigenvalue weighted by Gasteiger charge is -2.06. The van der Waals surface area contributed by atoms with E-state index in [-0.39, 0.29) is 17.5 Å². The molecule has 2 aromatic carbocycles. The number of nitrogens with zero attached hydrogens (tertiary/aromatic N) is 2. The molecule has 0 aliphatic heterocycles. The van der Waals surface area contributed by atoms with E-state index in [2.05, 4.69) is 10.3 Å². The molecular formula is C21H18FN3O2. The van der Waals surface area contributed by atoms with Crippen molar-refractivity contribution in [2.75, 3.05) is 0 Å². The van der Waals surface area contributed by atoms with Gasteiger partial charge in [-0.1, -0.05) is 30.3 Å². The van der Waals surface area contributed by atoms with Crippen LogP contribution in [-0.2, 0) is 13.6 Å². The molecule has 5 nitrogen and oxygen atoms in total. The van der Waals surface area contributed by atoms with E-state index in [0.29, 0.717) is 17.9 Å². The predicted octanol–water partition coefficient (Wildman–Crippen LogP) is 3.39. The first-order chi connectivity index (χ1) is 13.0. The lowest BCUT2D eigenvalue weighted by atomic mass is 10.1. The molecule has 0 aliphatic carbocycles. The molecule has 0 radical (unpaired) electrons. The zero-order chi connectivity index (χ0) is 19.2. The summed E-state index contributed by atoms with van der Waals surface area (Å²) in [6.45, 7) is 0.354. The molecule has 0 fully saturated rings. The number of hydrogen-bond acceptors (Lipinski definition) is 3. The van der Waals surface area contributed by atoms with Crippen molar-refractivity contribution in [1.29, 1.82) is 0 Å². The third-order valence-electron chi connectivity index (χ3n) is 4.01. The maximum Gasteiger partial charge on any atom is 0.251 e. The summed E-state index contributed by atoms with van der Waals surface area (Å²) in [5, 5.41) is 2.78. The Labute approximate surface area is 156 Å². The zero-order valence-electron chi connectivity index (χ0n) is 14.7. The van der Waals surface area contributed by atoms with Crippen LogP contribution in [0, 0.1) is 5.82 Å². The lowest BCUT2D eigenvalue weighted by Crippen LogP contribution is -2.22. The molecule has 0 atom stereocenters. The maximum absolute atomic E-state index is 12.9. The summed E-state index contributed by atoms with van der Waals surface area (Å²) in [4.78, 5) is 28.1. The van der Waals surface area contributed by atoms with Gasteiger partial charge in [-0.2, -0.15) is 0 Å². The molecule has 0 spiro atoms. The Morgan fingerprint density at radius 1 is 1.11 bits per heavy atom. The van der Waals surface area contributed by atoms with E-state index in [4.69, 9.17) is 0 Å². The quantitative estimate of drug-likeness (QED) is 0.539. The van der Waals surface area contributed by atoms with Gasteiger partial charge in [-0.05, 0) is 41.5 Å². The largest absolute Gasteiger partial charge is 0.348 e. The van der Waals surface area contributed by atoms with E-state index < -0.39 is 0 Å². The molecule has 0 unspecified atom stereocenters. The van der Waals surface area contributed by atoms with Crippen LogP contribution >= 0.6 is 0 Å². The van der Waals surface area contributed by atoms with Crippen molar-refractivity contribution < 1.29 is 14.0 Å². The first-order valence-electron chi connectivity index (χ1n) is 8.35. The molecule has 1 N–H and O–H groups in total. The number of aromatic nitrogens is 2. The van der Waals surface area contributed by atoms with Crippen LogP contribution in [0.3, 0.4) is 0 Å². The van der Waals surface area contributed by atoms with Gasteiger partial charge in [0.05, 0.1) is 0 Å². The van der Waals surface area contributed by atoms with E-state index in [9.17, 15) is 14.0 Å². The summed E-state index contributed by atoms with van der Waals surface area (Å²) in [6.07, 6.45) is 6.50. The van der Waals surface area contributed by atoms with Gasteiger partial charge in [0.15, 0.2) is 5.82 Å². The third-order valence-corrected chi connectivity index (χ3v) is 4.01. The van der Waals surface area contributed by atoms with E-state index in [1.807, 2.05) is 24.3 Å². The monoisotopic (exact) mass is 363 g/mol. The Kier molecular flexibility index (Phi) is 5.56. The highest BCUT2D eigenvalue weighted by atomic mass is 19.1. The number of nitrogens with one attached hydrogen (secondary N) is 1. The van der Waals surface area contributed by atoms with Crippen LogP contribution in [0.25, 0.3) is 6.08 Å². The first kappa shape index (κ1) is 18.3. The standard InChI is InChI=1S/C21H18FN3O2/c1-25-13-12-23-20(25)19(26)11-6-15-2-4-16(5-3-15)14-24-21(27)17-7-9-18(22)10-8-17/h2-13H,14H2,1H3,(H,24,27)/b11-6+. The zero-order valence-corrected chi connectivity index (χ0v) is 14.7. The number of benzene rings is 2. The lowest BCUT2D eigenvalue weighted by molar-refractivity contribution is 0.0950. The summed E-state index contributed by atoms with van der Waals surface area (Å²) >= 11 is 0. The normalized spacial score (nSPS) is 10.9. The van der Waals surface area contributed by atoms with Crippen LogP contribution in [-0.4, -0.2) is 21.2 Å². The summed E-state index contributed by atoms with van der Waals surface area (Å²) in [7, 11) is 1.77. The van der Waals surface area contributed by atoms with Gasteiger partial charge in [0, 0.05) is 31.5 Å². The highest BCUT2D eigenvalue weighted by Gasteiger charge is 2.07. The Morgan fingerprint density at radius 3 is 2.44 bits per heavy atom. The summed E-state index contributed by atoms with van der Waals surface area (Å²) in [5.74, 6) is -0.430. The van der Waals surface area contributed by atoms with Crippen LogP contribution in [0.2, 0.25) is 0 Å². The highest BCUT2D eigenvalue weighted by molar-refractivity contribution is 6.04. The molecule has 0 bridgehead atoms. The van der Waals surface area contributed by atoms with Crippen LogP contribution in [0.1, 0.15) is 32.1 Å². The number of allylic oxidation sites excluding steroid dienone is 1. The van der Waals surface area contributed by atoms with Gasteiger partial charge in [-0.25, -0.2) is 9.37 Å². The summed E-state index contributed by atoms with van der Waals surface area (Å²) < 4.78 is 14.6. The number of hydrogen-bond donors (Lipinski definition) is 1. The minimum Gasteiger partial charge on any atom is -0.348 e. The number of halogens is 1. The van der Waals surface area contributed by atoms with Crippen molar-refractivity contribution in [1.82, 2.24) is 14.9 Å². The Bertz CT molecular complexity index is 973. The van der Waals surface area contributed by atoms with Crippen LogP contribution < -0.4 is 5.32 Å². The summed E-state index contributed by atoms with van der Waals surface area (Å²) in [6, 6.07) is 12.9. The molecule has 0 saturated heterocycles. The number of rotatable bonds is 6. The smallest absolute Gasteiger partial charge is 0.251 e. The fraction of sp³-hybridized carbons (Fsp3) is 0.0952. The minimum atomic E-state index is -0.378. The SMILES string of the molecule is Cn1ccnc1C(=O)/C=C/c1ccc(CNC(=O)c2ccc(F)cc2)cc1. The second-order valence-corrected chi connectivity index (χ2v) is 5.99. The Hall–Kier alpha value is -3.54. The minimum absolute atomic E-state index is 0.168. The van der Waals surface area contributed by atoms with Gasteiger partial charge < -0.3 is 9.88 Å². The van der Waals surface area contributed by atoms with Crippen molar-refractivity contribution in [2.45, 2.75) is 6.54 Å². The van der Waals surface area contributed by atoms with E-state index in [1.54, 1.807) is 30.1 Å².